The first-order valence-electron chi connectivity index (χ1n) is 10.1. The van der Waals surface area contributed by atoms with Crippen molar-refractivity contribution in [1.82, 2.24) is 9.88 Å². The standard InChI is InChI=1S/C20H26FN5O3S/c1-13-10-25(11-14(2)23(13)3)18-9-16(21)15(8-19(18)26(27)28)17-12-30-20(22-17)24-4-6-29-7-5-24/h8-9,12-14H,4-7,10-11H2,1-3H3/t13-,14+. The number of anilines is 2. The molecule has 2 aromatic rings. The molecule has 2 aliphatic rings. The molecule has 30 heavy (non-hydrogen) atoms. The van der Waals surface area contributed by atoms with Crippen LogP contribution in [0.4, 0.5) is 20.9 Å². The Labute approximate surface area is 179 Å². The molecule has 0 spiro atoms. The van der Waals surface area contributed by atoms with E-state index >= 15 is 4.39 Å². The Morgan fingerprint density at radius 1 is 1.20 bits per heavy atom. The lowest BCUT2D eigenvalue weighted by molar-refractivity contribution is -0.384. The van der Waals surface area contributed by atoms with Gasteiger partial charge in [0.1, 0.15) is 11.5 Å². The van der Waals surface area contributed by atoms with Crippen LogP contribution in [0.25, 0.3) is 11.3 Å². The Kier molecular flexibility index (Phi) is 5.90. The summed E-state index contributed by atoms with van der Waals surface area (Å²) in [6, 6.07) is 3.05. The van der Waals surface area contributed by atoms with Crippen LogP contribution in [-0.2, 0) is 4.74 Å². The van der Waals surface area contributed by atoms with Crippen LogP contribution < -0.4 is 9.80 Å². The van der Waals surface area contributed by atoms with Crippen LogP contribution >= 0.6 is 11.3 Å². The van der Waals surface area contributed by atoms with Gasteiger partial charge in [0, 0.05) is 61.3 Å². The van der Waals surface area contributed by atoms with Gasteiger partial charge in [-0.3, -0.25) is 15.0 Å². The number of nitro groups is 1. The minimum absolute atomic E-state index is 0.0868. The maximum atomic E-state index is 15.1. The zero-order valence-electron chi connectivity index (χ0n) is 17.4. The smallest absolute Gasteiger partial charge is 0.293 e. The monoisotopic (exact) mass is 435 g/mol. The second kappa shape index (κ2) is 8.44. The number of halogens is 1. The molecule has 0 radical (unpaired) electrons. The summed E-state index contributed by atoms with van der Waals surface area (Å²) >= 11 is 1.41. The molecule has 1 aromatic heterocycles. The predicted octanol–water partition coefficient (Wildman–Crippen LogP) is 3.22. The molecule has 0 aliphatic carbocycles. The summed E-state index contributed by atoms with van der Waals surface area (Å²) in [5.41, 5.74) is 0.832. The summed E-state index contributed by atoms with van der Waals surface area (Å²) in [5.74, 6) is -0.492. The second-order valence-corrected chi connectivity index (χ2v) is 8.80. The number of ether oxygens (including phenoxy) is 1. The van der Waals surface area contributed by atoms with Crippen LogP contribution in [0.3, 0.4) is 0 Å². The van der Waals surface area contributed by atoms with Gasteiger partial charge in [0.25, 0.3) is 5.69 Å². The summed E-state index contributed by atoms with van der Waals surface area (Å²) in [6.45, 7) is 8.08. The average Bonchev–Trinajstić information content (AvgIpc) is 3.22. The molecule has 2 fully saturated rings. The topological polar surface area (TPSA) is 75.0 Å². The van der Waals surface area contributed by atoms with Crippen LogP contribution in [0, 0.1) is 15.9 Å². The fourth-order valence-corrected chi connectivity index (χ4v) is 4.92. The highest BCUT2D eigenvalue weighted by molar-refractivity contribution is 7.14. The van der Waals surface area contributed by atoms with Gasteiger partial charge in [-0.2, -0.15) is 0 Å². The van der Waals surface area contributed by atoms with Crippen molar-refractivity contribution in [2.45, 2.75) is 25.9 Å². The van der Waals surface area contributed by atoms with Crippen molar-refractivity contribution in [3.63, 3.8) is 0 Å². The molecule has 2 atom stereocenters. The number of rotatable bonds is 4. The van der Waals surface area contributed by atoms with Gasteiger partial charge in [0.2, 0.25) is 0 Å². The number of nitro benzene ring substituents is 1. The second-order valence-electron chi connectivity index (χ2n) is 7.96. The van der Waals surface area contributed by atoms with Gasteiger partial charge in [0.15, 0.2) is 5.13 Å². The van der Waals surface area contributed by atoms with Crippen LogP contribution in [0.2, 0.25) is 0 Å². The lowest BCUT2D eigenvalue weighted by atomic mass is 10.1. The molecule has 0 amide bonds. The molecule has 0 unspecified atom stereocenters. The minimum Gasteiger partial charge on any atom is -0.378 e. The number of aromatic nitrogens is 1. The number of morpholine rings is 1. The van der Waals surface area contributed by atoms with Crippen molar-refractivity contribution < 1.29 is 14.1 Å². The number of hydrogen-bond donors (Lipinski definition) is 0. The highest BCUT2D eigenvalue weighted by atomic mass is 32.1. The molecule has 3 heterocycles. The fraction of sp³-hybridized carbons (Fsp3) is 0.550. The Hall–Kier alpha value is -2.30. The molecule has 2 saturated heterocycles. The molecular formula is C20H26FN5O3S. The van der Waals surface area contributed by atoms with Crippen LogP contribution in [0.1, 0.15) is 13.8 Å². The molecule has 0 bridgehead atoms. The SMILES string of the molecule is C[C@@H]1CN(c2cc(F)c(-c3csc(N4CCOCC4)n3)cc2[N+](=O)[O-])C[C@H](C)N1C. The van der Waals surface area contributed by atoms with Gasteiger partial charge >= 0.3 is 0 Å². The van der Waals surface area contributed by atoms with Crippen molar-refractivity contribution in [2.75, 3.05) is 56.2 Å². The first-order valence-corrected chi connectivity index (χ1v) is 11.0. The third-order valence-electron chi connectivity index (χ3n) is 6.01. The molecule has 0 N–H and O–H groups in total. The highest BCUT2D eigenvalue weighted by Crippen LogP contribution is 2.38. The lowest BCUT2D eigenvalue weighted by Gasteiger charge is -2.43. The number of hydrogen-bond acceptors (Lipinski definition) is 8. The van der Waals surface area contributed by atoms with Crippen molar-refractivity contribution in [2.24, 2.45) is 0 Å². The largest absolute Gasteiger partial charge is 0.378 e. The van der Waals surface area contributed by atoms with Gasteiger partial charge in [-0.15, -0.1) is 11.3 Å². The zero-order chi connectivity index (χ0) is 21.4. The van der Waals surface area contributed by atoms with E-state index in [4.69, 9.17) is 4.74 Å². The van der Waals surface area contributed by atoms with Crippen molar-refractivity contribution in [1.29, 1.82) is 0 Å². The van der Waals surface area contributed by atoms with E-state index in [0.717, 1.165) is 18.2 Å². The highest BCUT2D eigenvalue weighted by Gasteiger charge is 2.31. The van der Waals surface area contributed by atoms with Gasteiger partial charge in [-0.05, 0) is 20.9 Å². The molecule has 8 nitrogen and oxygen atoms in total. The van der Waals surface area contributed by atoms with E-state index in [1.165, 1.54) is 23.5 Å². The summed E-state index contributed by atoms with van der Waals surface area (Å²) < 4.78 is 20.5. The average molecular weight is 436 g/mol. The number of thiazole rings is 1. The maximum absolute atomic E-state index is 15.1. The van der Waals surface area contributed by atoms with Gasteiger partial charge in [-0.1, -0.05) is 0 Å². The van der Waals surface area contributed by atoms with E-state index in [0.29, 0.717) is 37.7 Å². The number of benzene rings is 1. The van der Waals surface area contributed by atoms with E-state index in [1.807, 2.05) is 11.9 Å². The van der Waals surface area contributed by atoms with Gasteiger partial charge < -0.3 is 14.5 Å². The van der Waals surface area contributed by atoms with Crippen LogP contribution in [0.15, 0.2) is 17.5 Å². The molecule has 0 saturated carbocycles. The first kappa shape index (κ1) is 21.0. The Morgan fingerprint density at radius 3 is 2.50 bits per heavy atom. The van der Waals surface area contributed by atoms with E-state index in [9.17, 15) is 10.1 Å². The van der Waals surface area contributed by atoms with E-state index in [1.54, 1.807) is 5.38 Å². The lowest BCUT2D eigenvalue weighted by Crippen LogP contribution is -2.55. The van der Waals surface area contributed by atoms with Gasteiger partial charge in [-0.25, -0.2) is 9.37 Å². The Balaban J connectivity index is 1.67. The fourth-order valence-electron chi connectivity index (χ4n) is 4.04. The normalized spacial score (nSPS) is 23.1. The minimum atomic E-state index is -0.492. The van der Waals surface area contributed by atoms with Crippen molar-refractivity contribution >= 4 is 27.8 Å². The zero-order valence-corrected chi connectivity index (χ0v) is 18.2. The quantitative estimate of drug-likeness (QED) is 0.539. The van der Waals surface area contributed by atoms with Crippen molar-refractivity contribution in [3.8, 4) is 11.3 Å². The van der Waals surface area contributed by atoms with E-state index < -0.39 is 10.7 Å². The number of nitrogens with zero attached hydrogens (tertiary/aromatic N) is 5. The summed E-state index contributed by atoms with van der Waals surface area (Å²) in [4.78, 5) is 22.2. The molecular weight excluding hydrogens is 409 g/mol. The number of likely N-dealkylation sites (N-methyl/N-ethyl adjacent to an activating group) is 1. The van der Waals surface area contributed by atoms with E-state index in [-0.39, 0.29) is 23.3 Å². The first-order chi connectivity index (χ1) is 14.3. The van der Waals surface area contributed by atoms with E-state index in [2.05, 4.69) is 28.6 Å². The summed E-state index contributed by atoms with van der Waals surface area (Å²) in [6.07, 6.45) is 0. The van der Waals surface area contributed by atoms with Crippen molar-refractivity contribution in [3.05, 3.63) is 33.4 Å². The molecule has 4 rings (SSSR count). The Morgan fingerprint density at radius 2 is 1.87 bits per heavy atom. The Bertz CT molecular complexity index is 921. The summed E-state index contributed by atoms with van der Waals surface area (Å²) in [5, 5.41) is 14.4. The van der Waals surface area contributed by atoms with Crippen LogP contribution in [0.5, 0.6) is 0 Å². The molecule has 10 heteroatoms. The third-order valence-corrected chi connectivity index (χ3v) is 6.91. The molecule has 162 valence electrons. The predicted molar refractivity (Wildman–Crippen MR) is 116 cm³/mol. The molecule has 1 aromatic carbocycles. The third kappa shape index (κ3) is 3.99. The summed E-state index contributed by atoms with van der Waals surface area (Å²) in [7, 11) is 2.04. The maximum Gasteiger partial charge on any atom is 0.293 e. The molecule has 2 aliphatic heterocycles. The van der Waals surface area contributed by atoms with Gasteiger partial charge in [0.05, 0.1) is 23.8 Å². The van der Waals surface area contributed by atoms with Crippen LogP contribution in [-0.4, -0.2) is 73.3 Å². The number of piperazine rings is 1.